The van der Waals surface area contributed by atoms with Gasteiger partial charge in [-0.2, -0.15) is 0 Å². The van der Waals surface area contributed by atoms with Gasteiger partial charge in [-0.05, 0) is 56.3 Å². The summed E-state index contributed by atoms with van der Waals surface area (Å²) in [5.74, 6) is 1.86. The molecule has 0 saturated heterocycles. The highest BCUT2D eigenvalue weighted by atomic mass is 32.1. The molecule has 3 rings (SSSR count). The summed E-state index contributed by atoms with van der Waals surface area (Å²) in [5.41, 5.74) is 0.817. The maximum atomic E-state index is 12.4. The first-order valence-electron chi connectivity index (χ1n) is 8.24. The van der Waals surface area contributed by atoms with Crippen LogP contribution in [0.2, 0.25) is 0 Å². The summed E-state index contributed by atoms with van der Waals surface area (Å²) in [5, 5.41) is 3.33. The molecule has 1 heterocycles. The molecule has 1 amide bonds. The first-order chi connectivity index (χ1) is 12.6. The number of nitrogens with one attached hydrogen (secondary N) is 1. The molecule has 0 spiro atoms. The number of carbonyl (C=O) groups excluding carboxylic acids is 1. The van der Waals surface area contributed by atoms with Crippen LogP contribution in [-0.2, 0) is 4.79 Å². The lowest BCUT2D eigenvalue weighted by atomic mass is 10.3. The van der Waals surface area contributed by atoms with Crippen molar-refractivity contribution in [3.8, 4) is 17.2 Å². The fourth-order valence-corrected chi connectivity index (χ4v) is 3.23. The van der Waals surface area contributed by atoms with E-state index in [1.807, 2.05) is 25.1 Å². The summed E-state index contributed by atoms with van der Waals surface area (Å²) in [6.45, 7) is 4.24. The molecule has 0 saturated carbocycles. The van der Waals surface area contributed by atoms with Gasteiger partial charge in [0, 0.05) is 0 Å². The second-order valence-electron chi connectivity index (χ2n) is 5.51. The van der Waals surface area contributed by atoms with Crippen LogP contribution in [0.5, 0.6) is 17.2 Å². The third-order valence-corrected chi connectivity index (χ3v) is 4.58. The second kappa shape index (κ2) is 8.05. The van der Waals surface area contributed by atoms with Crippen molar-refractivity contribution in [2.45, 2.75) is 20.0 Å². The number of nitrogens with zero attached hydrogens (tertiary/aromatic N) is 1. The van der Waals surface area contributed by atoms with Crippen molar-refractivity contribution in [3.05, 3.63) is 42.5 Å². The summed E-state index contributed by atoms with van der Waals surface area (Å²) in [4.78, 5) is 16.8. The SMILES string of the molecule is CCOc1ccc2nc(NC(=O)C(C)Oc3ccc(OC)cc3)sc2c1. The highest BCUT2D eigenvalue weighted by molar-refractivity contribution is 7.22. The average Bonchev–Trinajstić information content (AvgIpc) is 3.04. The molecule has 1 N–H and O–H groups in total. The smallest absolute Gasteiger partial charge is 0.266 e. The summed E-state index contributed by atoms with van der Waals surface area (Å²) in [6.07, 6.45) is -0.658. The highest BCUT2D eigenvalue weighted by Gasteiger charge is 2.17. The second-order valence-corrected chi connectivity index (χ2v) is 6.54. The van der Waals surface area contributed by atoms with Gasteiger partial charge in [0.05, 0.1) is 23.9 Å². The van der Waals surface area contributed by atoms with E-state index in [1.54, 1.807) is 38.3 Å². The van der Waals surface area contributed by atoms with Crippen molar-refractivity contribution < 1.29 is 19.0 Å². The van der Waals surface area contributed by atoms with Crippen molar-refractivity contribution in [1.82, 2.24) is 4.98 Å². The predicted molar refractivity (Wildman–Crippen MR) is 103 cm³/mol. The number of hydrogen-bond acceptors (Lipinski definition) is 6. The molecular weight excluding hydrogens is 352 g/mol. The Morgan fingerprint density at radius 1 is 1.15 bits per heavy atom. The van der Waals surface area contributed by atoms with Crippen molar-refractivity contribution >= 4 is 32.6 Å². The van der Waals surface area contributed by atoms with Gasteiger partial charge in [-0.1, -0.05) is 11.3 Å². The van der Waals surface area contributed by atoms with Gasteiger partial charge < -0.3 is 14.2 Å². The van der Waals surface area contributed by atoms with Crippen molar-refractivity contribution in [3.63, 3.8) is 0 Å². The summed E-state index contributed by atoms with van der Waals surface area (Å²) in [7, 11) is 1.60. The van der Waals surface area contributed by atoms with E-state index in [2.05, 4.69) is 10.3 Å². The van der Waals surface area contributed by atoms with Gasteiger partial charge in [-0.15, -0.1) is 0 Å². The van der Waals surface area contributed by atoms with Crippen LogP contribution >= 0.6 is 11.3 Å². The maximum Gasteiger partial charge on any atom is 0.266 e. The molecular formula is C19H20N2O4S. The van der Waals surface area contributed by atoms with E-state index < -0.39 is 6.10 Å². The van der Waals surface area contributed by atoms with Crippen molar-refractivity contribution in [2.75, 3.05) is 19.0 Å². The summed E-state index contributed by atoms with van der Waals surface area (Å²) in [6, 6.07) is 12.7. The number of hydrogen-bond donors (Lipinski definition) is 1. The molecule has 1 aromatic heterocycles. The van der Waals surface area contributed by atoms with Gasteiger partial charge in [0.1, 0.15) is 17.2 Å². The zero-order valence-electron chi connectivity index (χ0n) is 14.8. The van der Waals surface area contributed by atoms with Gasteiger partial charge in [-0.3, -0.25) is 10.1 Å². The lowest BCUT2D eigenvalue weighted by Gasteiger charge is -2.13. The molecule has 0 fully saturated rings. The third-order valence-electron chi connectivity index (χ3n) is 3.64. The fraction of sp³-hybridized carbons (Fsp3) is 0.263. The van der Waals surface area contributed by atoms with Gasteiger partial charge in [-0.25, -0.2) is 4.98 Å². The van der Waals surface area contributed by atoms with Crippen LogP contribution < -0.4 is 19.5 Å². The molecule has 2 aromatic carbocycles. The van der Waals surface area contributed by atoms with Crippen LogP contribution in [0.1, 0.15) is 13.8 Å². The molecule has 0 aliphatic carbocycles. The zero-order chi connectivity index (χ0) is 18.5. The van der Waals surface area contributed by atoms with E-state index in [-0.39, 0.29) is 5.91 Å². The number of aromatic nitrogens is 1. The quantitative estimate of drug-likeness (QED) is 0.676. The van der Waals surface area contributed by atoms with Crippen LogP contribution in [0.4, 0.5) is 5.13 Å². The molecule has 26 heavy (non-hydrogen) atoms. The molecule has 1 unspecified atom stereocenters. The largest absolute Gasteiger partial charge is 0.497 e. The minimum Gasteiger partial charge on any atom is -0.497 e. The van der Waals surface area contributed by atoms with E-state index >= 15 is 0 Å². The third kappa shape index (κ3) is 4.23. The summed E-state index contributed by atoms with van der Waals surface area (Å²) < 4.78 is 17.2. The minimum atomic E-state index is -0.658. The fourth-order valence-electron chi connectivity index (χ4n) is 2.33. The van der Waals surface area contributed by atoms with Crippen LogP contribution in [0.15, 0.2) is 42.5 Å². The number of rotatable bonds is 7. The molecule has 0 aliphatic heterocycles. The normalized spacial score (nSPS) is 11.8. The lowest BCUT2D eigenvalue weighted by Crippen LogP contribution is -2.30. The standard InChI is InChI=1S/C19H20N2O4S/c1-4-24-15-9-10-16-17(11-15)26-19(20-16)21-18(22)12(2)25-14-7-5-13(23-3)6-8-14/h5-12H,4H2,1-3H3,(H,20,21,22). The number of anilines is 1. The van der Waals surface area contributed by atoms with Gasteiger partial charge in [0.25, 0.3) is 5.91 Å². The van der Waals surface area contributed by atoms with E-state index in [0.29, 0.717) is 17.5 Å². The van der Waals surface area contributed by atoms with E-state index in [0.717, 1.165) is 21.7 Å². The van der Waals surface area contributed by atoms with Crippen molar-refractivity contribution in [1.29, 1.82) is 0 Å². The molecule has 0 bridgehead atoms. The Balaban J connectivity index is 1.65. The molecule has 0 radical (unpaired) electrons. The number of methoxy groups -OCH3 is 1. The first-order valence-corrected chi connectivity index (χ1v) is 9.05. The highest BCUT2D eigenvalue weighted by Crippen LogP contribution is 2.29. The number of carbonyl (C=O) groups is 1. The molecule has 3 aromatic rings. The molecule has 7 heteroatoms. The lowest BCUT2D eigenvalue weighted by molar-refractivity contribution is -0.122. The molecule has 6 nitrogen and oxygen atoms in total. The number of fused-ring (bicyclic) bond motifs is 1. The number of amides is 1. The Morgan fingerprint density at radius 3 is 2.54 bits per heavy atom. The van der Waals surface area contributed by atoms with E-state index in [4.69, 9.17) is 14.2 Å². The Labute approximate surface area is 155 Å². The number of thiazole rings is 1. The van der Waals surface area contributed by atoms with Crippen LogP contribution in [-0.4, -0.2) is 30.7 Å². The van der Waals surface area contributed by atoms with Crippen LogP contribution in [0, 0.1) is 0 Å². The number of ether oxygens (including phenoxy) is 3. The predicted octanol–water partition coefficient (Wildman–Crippen LogP) is 4.11. The Kier molecular flexibility index (Phi) is 5.58. The average molecular weight is 372 g/mol. The number of benzene rings is 2. The van der Waals surface area contributed by atoms with Crippen LogP contribution in [0.3, 0.4) is 0 Å². The minimum absolute atomic E-state index is 0.259. The monoisotopic (exact) mass is 372 g/mol. The molecule has 0 aliphatic rings. The Morgan fingerprint density at radius 2 is 1.85 bits per heavy atom. The topological polar surface area (TPSA) is 69.7 Å². The van der Waals surface area contributed by atoms with Gasteiger partial charge >= 0.3 is 0 Å². The summed E-state index contributed by atoms with van der Waals surface area (Å²) >= 11 is 1.40. The first kappa shape index (κ1) is 18.0. The van der Waals surface area contributed by atoms with Crippen LogP contribution in [0.25, 0.3) is 10.2 Å². The van der Waals surface area contributed by atoms with Gasteiger partial charge in [0.15, 0.2) is 11.2 Å². The molecule has 1 atom stereocenters. The maximum absolute atomic E-state index is 12.4. The van der Waals surface area contributed by atoms with E-state index in [1.165, 1.54) is 11.3 Å². The van der Waals surface area contributed by atoms with Crippen molar-refractivity contribution in [2.24, 2.45) is 0 Å². The van der Waals surface area contributed by atoms with E-state index in [9.17, 15) is 4.79 Å². The zero-order valence-corrected chi connectivity index (χ0v) is 15.6. The molecule has 136 valence electrons. The Bertz CT molecular complexity index is 892. The Hall–Kier alpha value is -2.80. The van der Waals surface area contributed by atoms with Gasteiger partial charge in [0.2, 0.25) is 0 Å².